The van der Waals surface area contributed by atoms with Crippen LogP contribution in [-0.4, -0.2) is 49.0 Å². The SMILES string of the molecule is COc1cc(C2C3=C(CC(c4cc(OC)c(OC)c(OC)c4)CC3=O)Nc3ncnn32)ccc1OCc1ccccc1. The molecule has 1 N–H and O–H groups in total. The Balaban J connectivity index is 1.34. The summed E-state index contributed by atoms with van der Waals surface area (Å²) in [5, 5.41) is 7.85. The molecule has 0 bridgehead atoms. The van der Waals surface area contributed by atoms with Crippen LogP contribution in [0.1, 0.15) is 41.5 Å². The van der Waals surface area contributed by atoms with Gasteiger partial charge in [0, 0.05) is 17.7 Å². The Kier molecular flexibility index (Phi) is 7.43. The van der Waals surface area contributed by atoms with E-state index in [4.69, 9.17) is 23.7 Å². The van der Waals surface area contributed by atoms with Crippen LogP contribution in [-0.2, 0) is 11.4 Å². The van der Waals surface area contributed by atoms with Gasteiger partial charge in [-0.3, -0.25) is 4.79 Å². The Labute approximate surface area is 243 Å². The van der Waals surface area contributed by atoms with Crippen molar-refractivity contribution in [2.45, 2.75) is 31.4 Å². The molecule has 0 radical (unpaired) electrons. The molecule has 42 heavy (non-hydrogen) atoms. The number of nitrogens with one attached hydrogen (secondary N) is 1. The highest BCUT2D eigenvalue weighted by molar-refractivity contribution is 6.00. The number of aromatic nitrogens is 3. The van der Waals surface area contributed by atoms with Crippen LogP contribution < -0.4 is 29.0 Å². The van der Waals surface area contributed by atoms with Crippen LogP contribution in [0.5, 0.6) is 28.7 Å². The van der Waals surface area contributed by atoms with Crippen molar-refractivity contribution in [3.63, 3.8) is 0 Å². The standard InChI is InChI=1S/C32H32N4O6/c1-38-26-14-20(10-11-25(26)42-17-19-8-6-5-7-9-19)30-29-23(35-32-33-18-34-36(30)32)12-21(13-24(29)37)22-15-27(39-2)31(41-4)28(16-22)40-3/h5-11,14-16,18,21,30H,12-13,17H2,1-4H3,(H,33,34,35). The zero-order valence-electron chi connectivity index (χ0n) is 23.9. The number of nitrogens with zero attached hydrogens (tertiary/aromatic N) is 3. The van der Waals surface area contributed by atoms with E-state index in [-0.39, 0.29) is 11.7 Å². The van der Waals surface area contributed by atoms with Gasteiger partial charge in [-0.25, -0.2) is 4.68 Å². The predicted octanol–water partition coefficient (Wildman–Crippen LogP) is 5.31. The van der Waals surface area contributed by atoms with E-state index in [1.54, 1.807) is 33.1 Å². The van der Waals surface area contributed by atoms with E-state index < -0.39 is 6.04 Å². The van der Waals surface area contributed by atoms with Crippen molar-refractivity contribution in [3.8, 4) is 28.7 Å². The second-order valence-electron chi connectivity index (χ2n) is 10.1. The lowest BCUT2D eigenvalue weighted by Gasteiger charge is -2.35. The molecule has 2 heterocycles. The van der Waals surface area contributed by atoms with E-state index in [1.807, 2.05) is 60.7 Å². The highest BCUT2D eigenvalue weighted by Gasteiger charge is 2.40. The number of carbonyl (C=O) groups is 1. The lowest BCUT2D eigenvalue weighted by molar-refractivity contribution is -0.116. The fourth-order valence-electron chi connectivity index (χ4n) is 5.74. The van der Waals surface area contributed by atoms with E-state index in [0.29, 0.717) is 59.7 Å². The Morgan fingerprint density at radius 2 is 1.55 bits per heavy atom. The molecule has 0 saturated carbocycles. The summed E-state index contributed by atoms with van der Waals surface area (Å²) >= 11 is 0. The van der Waals surface area contributed by atoms with Gasteiger partial charge >= 0.3 is 0 Å². The first kappa shape index (κ1) is 27.2. The molecule has 0 saturated heterocycles. The first-order valence-corrected chi connectivity index (χ1v) is 13.6. The van der Waals surface area contributed by atoms with Gasteiger partial charge in [-0.15, -0.1) is 0 Å². The molecule has 10 heteroatoms. The number of benzene rings is 3. The van der Waals surface area contributed by atoms with Gasteiger partial charge in [0.1, 0.15) is 19.0 Å². The number of anilines is 1. The highest BCUT2D eigenvalue weighted by Crippen LogP contribution is 2.47. The van der Waals surface area contributed by atoms with Gasteiger partial charge in [-0.05, 0) is 53.3 Å². The molecular formula is C32H32N4O6. The maximum Gasteiger partial charge on any atom is 0.226 e. The Bertz CT molecular complexity index is 1620. The van der Waals surface area contributed by atoms with Gasteiger partial charge < -0.3 is 29.0 Å². The number of Topliss-reactive ketones (excluding diaryl/α,β-unsaturated/α-hetero) is 1. The summed E-state index contributed by atoms with van der Waals surface area (Å²) in [6.07, 6.45) is 2.40. The summed E-state index contributed by atoms with van der Waals surface area (Å²) in [7, 11) is 6.34. The van der Waals surface area contributed by atoms with Gasteiger partial charge in [0.2, 0.25) is 11.7 Å². The van der Waals surface area contributed by atoms with Crippen LogP contribution in [0.15, 0.2) is 78.3 Å². The number of ketones is 1. The summed E-state index contributed by atoms with van der Waals surface area (Å²) in [4.78, 5) is 18.4. The minimum atomic E-state index is -0.468. The van der Waals surface area contributed by atoms with E-state index in [1.165, 1.54) is 6.33 Å². The molecule has 0 amide bonds. The average Bonchev–Trinajstić information content (AvgIpc) is 3.50. The van der Waals surface area contributed by atoms with Crippen LogP contribution in [0.2, 0.25) is 0 Å². The van der Waals surface area contributed by atoms with E-state index >= 15 is 0 Å². The predicted molar refractivity (Wildman–Crippen MR) is 156 cm³/mol. The molecule has 10 nitrogen and oxygen atoms in total. The number of ether oxygens (including phenoxy) is 5. The van der Waals surface area contributed by atoms with Crippen LogP contribution in [0.4, 0.5) is 5.95 Å². The lowest BCUT2D eigenvalue weighted by Crippen LogP contribution is -2.33. The molecule has 6 rings (SSSR count). The third kappa shape index (κ3) is 4.89. The number of carbonyl (C=O) groups excluding carboxylic acids is 1. The molecule has 0 fully saturated rings. The maximum absolute atomic E-state index is 13.9. The highest BCUT2D eigenvalue weighted by atomic mass is 16.5. The zero-order valence-corrected chi connectivity index (χ0v) is 23.9. The molecule has 3 aromatic carbocycles. The summed E-state index contributed by atoms with van der Waals surface area (Å²) < 4.78 is 30.2. The summed E-state index contributed by atoms with van der Waals surface area (Å²) in [6.45, 7) is 0.410. The van der Waals surface area contributed by atoms with Crippen molar-refractivity contribution < 1.29 is 28.5 Å². The quantitative estimate of drug-likeness (QED) is 0.288. The minimum Gasteiger partial charge on any atom is -0.493 e. The summed E-state index contributed by atoms with van der Waals surface area (Å²) in [5.41, 5.74) is 4.31. The van der Waals surface area contributed by atoms with Crippen molar-refractivity contribution >= 4 is 11.7 Å². The van der Waals surface area contributed by atoms with Crippen LogP contribution in [0, 0.1) is 0 Å². The van der Waals surface area contributed by atoms with Gasteiger partial charge in [0.05, 0.1) is 28.4 Å². The lowest BCUT2D eigenvalue weighted by atomic mass is 9.77. The fraction of sp³-hybridized carbons (Fsp3) is 0.281. The van der Waals surface area contributed by atoms with Gasteiger partial charge in [0.15, 0.2) is 28.8 Å². The number of hydrogen-bond acceptors (Lipinski definition) is 9. The molecule has 2 atom stereocenters. The van der Waals surface area contributed by atoms with E-state index in [9.17, 15) is 4.79 Å². The summed E-state index contributed by atoms with van der Waals surface area (Å²) in [6, 6.07) is 19.0. The fourth-order valence-corrected chi connectivity index (χ4v) is 5.74. The number of rotatable bonds is 9. The van der Waals surface area contributed by atoms with Crippen LogP contribution in [0.25, 0.3) is 0 Å². The molecule has 1 aliphatic carbocycles. The van der Waals surface area contributed by atoms with Crippen LogP contribution in [0.3, 0.4) is 0 Å². The first-order valence-electron chi connectivity index (χ1n) is 13.6. The molecule has 1 aromatic heterocycles. The Morgan fingerprint density at radius 1 is 0.833 bits per heavy atom. The number of methoxy groups -OCH3 is 4. The molecule has 0 spiro atoms. The molecule has 2 unspecified atom stereocenters. The third-order valence-corrected chi connectivity index (χ3v) is 7.76. The number of fused-ring (bicyclic) bond motifs is 1. The maximum atomic E-state index is 13.9. The smallest absolute Gasteiger partial charge is 0.226 e. The van der Waals surface area contributed by atoms with Crippen LogP contribution >= 0.6 is 0 Å². The zero-order chi connectivity index (χ0) is 29.2. The third-order valence-electron chi connectivity index (χ3n) is 7.76. The molecule has 1 aliphatic heterocycles. The van der Waals surface area contributed by atoms with Crippen molar-refractivity contribution in [2.24, 2.45) is 0 Å². The summed E-state index contributed by atoms with van der Waals surface area (Å²) in [5.74, 6) is 3.30. The van der Waals surface area contributed by atoms with Gasteiger partial charge in [-0.2, -0.15) is 10.1 Å². The average molecular weight is 569 g/mol. The minimum absolute atomic E-state index is 0.0250. The van der Waals surface area contributed by atoms with Crippen molar-refractivity contribution in [3.05, 3.63) is 95.0 Å². The van der Waals surface area contributed by atoms with Crippen molar-refractivity contribution in [2.75, 3.05) is 33.8 Å². The van der Waals surface area contributed by atoms with Gasteiger partial charge in [0.25, 0.3) is 0 Å². The van der Waals surface area contributed by atoms with Gasteiger partial charge in [-0.1, -0.05) is 36.4 Å². The van der Waals surface area contributed by atoms with Crippen molar-refractivity contribution in [1.82, 2.24) is 14.8 Å². The molecule has 2 aliphatic rings. The number of hydrogen-bond donors (Lipinski definition) is 1. The normalized spacial score (nSPS) is 17.6. The largest absolute Gasteiger partial charge is 0.493 e. The molecule has 4 aromatic rings. The molecular weight excluding hydrogens is 536 g/mol. The second kappa shape index (κ2) is 11.5. The second-order valence-corrected chi connectivity index (χ2v) is 10.1. The Morgan fingerprint density at radius 3 is 2.24 bits per heavy atom. The first-order chi connectivity index (χ1) is 20.5. The van der Waals surface area contributed by atoms with E-state index in [2.05, 4.69) is 15.4 Å². The monoisotopic (exact) mass is 568 g/mol. The number of allylic oxidation sites excluding steroid dienone is 2. The van der Waals surface area contributed by atoms with E-state index in [0.717, 1.165) is 22.4 Å². The Hall–Kier alpha value is -4.99. The molecule has 216 valence electrons. The topological polar surface area (TPSA) is 106 Å². The van der Waals surface area contributed by atoms with Crippen molar-refractivity contribution in [1.29, 1.82) is 0 Å².